The zero-order chi connectivity index (χ0) is 65.8. The number of carbonyl (C=O) groups is 2. The highest BCUT2D eigenvalue weighted by molar-refractivity contribution is 5.76. The van der Waals surface area contributed by atoms with Gasteiger partial charge in [0.05, 0.1) is 32.0 Å². The fourth-order valence-electron chi connectivity index (χ4n) is 11.9. The largest absolute Gasteiger partial charge is 0.466 e. The maximum Gasteiger partial charge on any atom is 0.305 e. The number of carbonyl (C=O) groups excluding carboxylic acids is 2. The number of rotatable bonds is 68. The van der Waals surface area contributed by atoms with Crippen molar-refractivity contribution in [2.45, 2.75) is 403 Å². The van der Waals surface area contributed by atoms with Gasteiger partial charge in [0.15, 0.2) is 6.29 Å². The number of hydrogen-bond donors (Lipinski definition) is 6. The standard InChI is InChI=1S/C80H145NO10/c1-3-5-7-9-11-13-15-17-42-46-50-54-58-62-66-73(83)72(71-90-80-79(88)78(87)77(86)74(70-82)91-80)81-75(84)67-63-59-55-51-47-43-40-38-36-34-32-30-28-26-24-22-20-19-21-23-25-27-29-31-33-35-37-39-41-45-49-53-57-61-65-69-89-76(85)68-64-60-56-52-48-44-18-16-14-12-10-8-6-4-2/h10,12,16,18,21,23,27,29,46,50,62,66,72-74,77-80,82-83,86-88H,3-9,11,13-15,17,19-20,22,24-26,28,30-45,47-49,51-61,63-65,67-71H2,1-2H3,(H,81,84)/b12-10-,18-16-,23-21-,29-27-,50-46+,66-62+. The monoisotopic (exact) mass is 1280 g/mol. The minimum absolute atomic E-state index is 0.00500. The van der Waals surface area contributed by atoms with E-state index in [0.717, 1.165) is 70.6 Å². The summed E-state index contributed by atoms with van der Waals surface area (Å²) in [5, 5.41) is 54.6. The summed E-state index contributed by atoms with van der Waals surface area (Å²) >= 11 is 0. The molecule has 6 N–H and O–H groups in total. The lowest BCUT2D eigenvalue weighted by molar-refractivity contribution is -0.302. The first kappa shape index (κ1) is 86.1. The summed E-state index contributed by atoms with van der Waals surface area (Å²) in [7, 11) is 0. The SMILES string of the molecule is CCCC/C=C\C/C=C\CCCCCCCC(=O)OCCCCCCCCCCCCC/C=C\C/C=C\CCCCCCCCCCCCCCCCCCCC(=O)NC(COC1OC(CO)C(O)C(O)C1O)C(O)/C=C/CC/C=C/CCCCCCCCCC. The number of unbranched alkanes of at least 4 members (excludes halogenated alkanes) is 44. The number of allylic oxidation sites excluding steroid dienone is 11. The second-order valence-electron chi connectivity index (χ2n) is 26.7. The molecule has 0 aromatic rings. The molecule has 1 aliphatic heterocycles. The van der Waals surface area contributed by atoms with Crippen molar-refractivity contribution in [2.24, 2.45) is 0 Å². The molecule has 11 heteroatoms. The lowest BCUT2D eigenvalue weighted by Crippen LogP contribution is -2.60. The zero-order valence-corrected chi connectivity index (χ0v) is 59.1. The quantitative estimate of drug-likeness (QED) is 0.0195. The van der Waals surface area contributed by atoms with Crippen LogP contribution in [0.3, 0.4) is 0 Å². The number of amides is 1. The van der Waals surface area contributed by atoms with Gasteiger partial charge in [-0.05, 0) is 103 Å². The van der Waals surface area contributed by atoms with E-state index in [0.29, 0.717) is 19.4 Å². The Hall–Kier alpha value is -2.90. The van der Waals surface area contributed by atoms with Gasteiger partial charge < -0.3 is 45.1 Å². The minimum Gasteiger partial charge on any atom is -0.466 e. The molecule has 1 rings (SSSR count). The van der Waals surface area contributed by atoms with Crippen molar-refractivity contribution in [3.8, 4) is 0 Å². The number of hydrogen-bond acceptors (Lipinski definition) is 10. The van der Waals surface area contributed by atoms with Gasteiger partial charge >= 0.3 is 5.97 Å². The lowest BCUT2D eigenvalue weighted by atomic mass is 9.99. The highest BCUT2D eigenvalue weighted by Crippen LogP contribution is 2.23. The molecule has 1 aliphatic rings. The number of aliphatic hydroxyl groups excluding tert-OH is 5. The third-order valence-electron chi connectivity index (χ3n) is 18.0. The molecule has 7 atom stereocenters. The van der Waals surface area contributed by atoms with Gasteiger partial charge in [0.2, 0.25) is 5.91 Å². The highest BCUT2D eigenvalue weighted by atomic mass is 16.7. The van der Waals surface area contributed by atoms with E-state index in [4.69, 9.17) is 14.2 Å². The van der Waals surface area contributed by atoms with Crippen LogP contribution in [-0.2, 0) is 23.8 Å². The fourth-order valence-corrected chi connectivity index (χ4v) is 11.9. The molecule has 530 valence electrons. The van der Waals surface area contributed by atoms with Crippen LogP contribution in [0.2, 0.25) is 0 Å². The van der Waals surface area contributed by atoms with Gasteiger partial charge in [-0.15, -0.1) is 0 Å². The van der Waals surface area contributed by atoms with Crippen molar-refractivity contribution < 1.29 is 49.3 Å². The van der Waals surface area contributed by atoms with Crippen LogP contribution in [0.1, 0.15) is 361 Å². The molecular weight excluding hydrogens is 1130 g/mol. The molecular formula is C80H145NO10. The Morgan fingerprint density at radius 2 is 0.758 bits per heavy atom. The Morgan fingerprint density at radius 3 is 1.19 bits per heavy atom. The van der Waals surface area contributed by atoms with Gasteiger partial charge in [0, 0.05) is 12.8 Å². The molecule has 0 saturated carbocycles. The zero-order valence-electron chi connectivity index (χ0n) is 59.1. The first-order valence-corrected chi connectivity index (χ1v) is 38.7. The summed E-state index contributed by atoms with van der Waals surface area (Å²) in [6, 6.07) is -0.827. The second kappa shape index (κ2) is 68.5. The van der Waals surface area contributed by atoms with Crippen LogP contribution in [0.4, 0.5) is 0 Å². The first-order chi connectivity index (χ1) is 44.7. The third kappa shape index (κ3) is 57.1. The number of aliphatic hydroxyl groups is 5. The Kier molecular flexibility index (Phi) is 64.8. The predicted octanol–water partition coefficient (Wildman–Crippen LogP) is 20.6. The molecule has 0 aliphatic carbocycles. The summed E-state index contributed by atoms with van der Waals surface area (Å²) in [5.74, 6) is -0.193. The van der Waals surface area contributed by atoms with Gasteiger partial charge in [-0.1, -0.05) is 318 Å². The Morgan fingerprint density at radius 1 is 0.407 bits per heavy atom. The van der Waals surface area contributed by atoms with Gasteiger partial charge in [-0.25, -0.2) is 0 Å². The third-order valence-corrected chi connectivity index (χ3v) is 18.0. The summed E-state index contributed by atoms with van der Waals surface area (Å²) in [4.78, 5) is 25.2. The second-order valence-corrected chi connectivity index (χ2v) is 26.7. The van der Waals surface area contributed by atoms with Crippen LogP contribution < -0.4 is 5.32 Å². The van der Waals surface area contributed by atoms with Gasteiger partial charge in [-0.2, -0.15) is 0 Å². The Bertz CT molecular complexity index is 1740. The van der Waals surface area contributed by atoms with E-state index in [2.05, 4.69) is 79.9 Å². The van der Waals surface area contributed by atoms with Gasteiger partial charge in [0.1, 0.15) is 24.4 Å². The maximum absolute atomic E-state index is 13.1. The summed E-state index contributed by atoms with van der Waals surface area (Å²) in [5.41, 5.74) is 0. The van der Waals surface area contributed by atoms with E-state index in [1.807, 2.05) is 6.08 Å². The van der Waals surface area contributed by atoms with E-state index in [1.165, 1.54) is 263 Å². The van der Waals surface area contributed by atoms with Crippen molar-refractivity contribution in [3.05, 3.63) is 72.9 Å². The van der Waals surface area contributed by atoms with Crippen LogP contribution in [0, 0.1) is 0 Å². The number of ether oxygens (including phenoxy) is 3. The van der Waals surface area contributed by atoms with Crippen LogP contribution >= 0.6 is 0 Å². The highest BCUT2D eigenvalue weighted by Gasteiger charge is 2.44. The Balaban J connectivity index is 1.95. The summed E-state index contributed by atoms with van der Waals surface area (Å²) in [6.45, 7) is 4.31. The topological polar surface area (TPSA) is 175 Å². The van der Waals surface area contributed by atoms with Crippen molar-refractivity contribution in [2.75, 3.05) is 19.8 Å². The Labute approximate surface area is 560 Å². The van der Waals surface area contributed by atoms with E-state index >= 15 is 0 Å². The molecule has 7 unspecified atom stereocenters. The van der Waals surface area contributed by atoms with Gasteiger partial charge in [0.25, 0.3) is 0 Å². The van der Waals surface area contributed by atoms with E-state index in [9.17, 15) is 35.1 Å². The normalized spacial score (nSPS) is 18.0. The van der Waals surface area contributed by atoms with Crippen molar-refractivity contribution in [1.82, 2.24) is 5.32 Å². The molecule has 0 spiro atoms. The first-order valence-electron chi connectivity index (χ1n) is 38.7. The number of nitrogens with one attached hydrogen (secondary N) is 1. The van der Waals surface area contributed by atoms with Crippen LogP contribution in [-0.4, -0.2) is 100 Å². The maximum atomic E-state index is 13.1. The molecule has 11 nitrogen and oxygen atoms in total. The van der Waals surface area contributed by atoms with Gasteiger partial charge in [-0.3, -0.25) is 9.59 Å². The molecule has 0 aromatic carbocycles. The smallest absolute Gasteiger partial charge is 0.305 e. The van der Waals surface area contributed by atoms with E-state index in [1.54, 1.807) is 6.08 Å². The lowest BCUT2D eigenvalue weighted by Gasteiger charge is -2.40. The van der Waals surface area contributed by atoms with Crippen molar-refractivity contribution in [3.63, 3.8) is 0 Å². The summed E-state index contributed by atoms with van der Waals surface area (Å²) in [6.07, 6.45) is 83.4. The fraction of sp³-hybridized carbons (Fsp3) is 0.825. The predicted molar refractivity (Wildman–Crippen MR) is 384 cm³/mol. The van der Waals surface area contributed by atoms with E-state index < -0.39 is 49.5 Å². The number of esters is 1. The molecule has 91 heavy (non-hydrogen) atoms. The molecule has 1 amide bonds. The molecule has 0 radical (unpaired) electrons. The summed E-state index contributed by atoms with van der Waals surface area (Å²) < 4.78 is 16.7. The molecule has 1 fully saturated rings. The molecule has 1 saturated heterocycles. The van der Waals surface area contributed by atoms with E-state index in [-0.39, 0.29) is 18.5 Å². The van der Waals surface area contributed by atoms with Crippen LogP contribution in [0.25, 0.3) is 0 Å². The van der Waals surface area contributed by atoms with Crippen molar-refractivity contribution >= 4 is 11.9 Å². The molecule has 0 aromatic heterocycles. The average molecular weight is 1280 g/mol. The van der Waals surface area contributed by atoms with Crippen molar-refractivity contribution in [1.29, 1.82) is 0 Å². The minimum atomic E-state index is -1.58. The van der Waals surface area contributed by atoms with Crippen LogP contribution in [0.15, 0.2) is 72.9 Å². The van der Waals surface area contributed by atoms with Crippen LogP contribution in [0.5, 0.6) is 0 Å². The molecule has 0 bridgehead atoms. The molecule has 1 heterocycles. The average Bonchev–Trinajstić information content (AvgIpc) is 1.17.